The molecule has 0 spiro atoms. The SMILES string of the molecule is CC(=O)c1ccc(-c2ccc3nc(NC(=O)[C@H]4CCC(=O)O4)nn3c2)cc1F. The van der Waals surface area contributed by atoms with Crippen molar-refractivity contribution in [3.63, 3.8) is 0 Å². The zero-order valence-corrected chi connectivity index (χ0v) is 14.8. The number of anilines is 1. The summed E-state index contributed by atoms with van der Waals surface area (Å²) in [6.07, 6.45) is 1.33. The number of nitrogens with one attached hydrogen (secondary N) is 1. The van der Waals surface area contributed by atoms with Gasteiger partial charge in [-0.15, -0.1) is 5.10 Å². The Labute approximate surface area is 158 Å². The minimum absolute atomic E-state index is 0.0307. The molecule has 1 aromatic carbocycles. The first-order valence-corrected chi connectivity index (χ1v) is 8.58. The van der Waals surface area contributed by atoms with E-state index >= 15 is 0 Å². The van der Waals surface area contributed by atoms with Gasteiger partial charge in [0.15, 0.2) is 17.5 Å². The van der Waals surface area contributed by atoms with Gasteiger partial charge in [-0.25, -0.2) is 8.91 Å². The van der Waals surface area contributed by atoms with Crippen LogP contribution in [0.4, 0.5) is 10.3 Å². The Morgan fingerprint density at radius 2 is 2.04 bits per heavy atom. The molecular formula is C19H15FN4O4. The molecule has 1 N–H and O–H groups in total. The lowest BCUT2D eigenvalue weighted by atomic mass is 10.0. The maximum Gasteiger partial charge on any atom is 0.306 e. The van der Waals surface area contributed by atoms with Crippen LogP contribution in [-0.4, -0.2) is 38.4 Å². The fraction of sp³-hybridized carbons (Fsp3) is 0.211. The van der Waals surface area contributed by atoms with Crippen LogP contribution in [0.5, 0.6) is 0 Å². The summed E-state index contributed by atoms with van der Waals surface area (Å²) in [6, 6.07) is 7.77. The van der Waals surface area contributed by atoms with E-state index in [9.17, 15) is 18.8 Å². The maximum atomic E-state index is 14.1. The highest BCUT2D eigenvalue weighted by Crippen LogP contribution is 2.23. The van der Waals surface area contributed by atoms with Gasteiger partial charge in [0.1, 0.15) is 5.82 Å². The summed E-state index contributed by atoms with van der Waals surface area (Å²) in [5, 5.41) is 6.71. The van der Waals surface area contributed by atoms with E-state index < -0.39 is 23.8 Å². The van der Waals surface area contributed by atoms with Crippen molar-refractivity contribution >= 4 is 29.3 Å². The van der Waals surface area contributed by atoms with Gasteiger partial charge in [-0.3, -0.25) is 19.7 Å². The van der Waals surface area contributed by atoms with Gasteiger partial charge < -0.3 is 4.74 Å². The number of Topliss-reactive ketones (excluding diaryl/α,β-unsaturated/α-hetero) is 1. The molecule has 0 saturated carbocycles. The van der Waals surface area contributed by atoms with Crippen LogP contribution in [0.25, 0.3) is 16.8 Å². The van der Waals surface area contributed by atoms with Crippen molar-refractivity contribution in [2.24, 2.45) is 0 Å². The lowest BCUT2D eigenvalue weighted by Gasteiger charge is -2.06. The molecule has 3 aromatic rings. The number of ketones is 1. The van der Waals surface area contributed by atoms with Crippen molar-refractivity contribution in [1.29, 1.82) is 0 Å². The zero-order chi connectivity index (χ0) is 19.8. The summed E-state index contributed by atoms with van der Waals surface area (Å²) in [4.78, 5) is 38.8. The molecule has 28 heavy (non-hydrogen) atoms. The van der Waals surface area contributed by atoms with E-state index in [1.54, 1.807) is 24.4 Å². The van der Waals surface area contributed by atoms with E-state index in [0.717, 1.165) is 0 Å². The van der Waals surface area contributed by atoms with Gasteiger partial charge in [0.25, 0.3) is 5.91 Å². The van der Waals surface area contributed by atoms with Crippen LogP contribution in [0.1, 0.15) is 30.1 Å². The first-order chi connectivity index (χ1) is 13.4. The van der Waals surface area contributed by atoms with Gasteiger partial charge in [0.2, 0.25) is 5.95 Å². The fourth-order valence-corrected chi connectivity index (χ4v) is 2.99. The van der Waals surface area contributed by atoms with Gasteiger partial charge in [0.05, 0.1) is 5.56 Å². The summed E-state index contributed by atoms with van der Waals surface area (Å²) in [5.74, 6) is -1.75. The molecule has 0 unspecified atom stereocenters. The number of benzene rings is 1. The Bertz CT molecular complexity index is 1120. The molecule has 2 aromatic heterocycles. The molecule has 1 amide bonds. The topological polar surface area (TPSA) is 103 Å². The number of carbonyl (C=O) groups is 3. The molecule has 8 nitrogen and oxygen atoms in total. The summed E-state index contributed by atoms with van der Waals surface area (Å²) in [5.41, 5.74) is 1.74. The summed E-state index contributed by atoms with van der Waals surface area (Å²) in [6.45, 7) is 1.31. The number of ether oxygens (including phenoxy) is 1. The van der Waals surface area contributed by atoms with Crippen molar-refractivity contribution in [3.05, 3.63) is 47.9 Å². The molecule has 9 heteroatoms. The molecule has 0 bridgehead atoms. The average molecular weight is 382 g/mol. The van der Waals surface area contributed by atoms with Crippen molar-refractivity contribution in [3.8, 4) is 11.1 Å². The Kier molecular flexibility index (Phi) is 4.34. The average Bonchev–Trinajstić information content (AvgIpc) is 3.26. The first kappa shape index (κ1) is 17.8. The molecular weight excluding hydrogens is 367 g/mol. The number of pyridine rings is 1. The first-order valence-electron chi connectivity index (χ1n) is 8.58. The van der Waals surface area contributed by atoms with Gasteiger partial charge in [0, 0.05) is 24.6 Å². The molecule has 0 radical (unpaired) electrons. The van der Waals surface area contributed by atoms with Crippen LogP contribution in [0, 0.1) is 5.82 Å². The molecule has 1 atom stereocenters. The number of hydrogen-bond acceptors (Lipinski definition) is 6. The fourth-order valence-electron chi connectivity index (χ4n) is 2.99. The van der Waals surface area contributed by atoms with Crippen molar-refractivity contribution in [2.75, 3.05) is 5.32 Å². The third kappa shape index (κ3) is 3.34. The molecule has 1 saturated heterocycles. The van der Waals surface area contributed by atoms with Crippen molar-refractivity contribution in [2.45, 2.75) is 25.9 Å². The van der Waals surface area contributed by atoms with Crippen molar-refractivity contribution < 1.29 is 23.5 Å². The Morgan fingerprint density at radius 1 is 1.25 bits per heavy atom. The molecule has 4 rings (SSSR count). The number of cyclic esters (lactones) is 1. The van der Waals surface area contributed by atoms with E-state index in [1.807, 2.05) is 0 Å². The van der Waals surface area contributed by atoms with Gasteiger partial charge in [-0.05, 0) is 36.8 Å². The highest BCUT2D eigenvalue weighted by atomic mass is 19.1. The van der Waals surface area contributed by atoms with Crippen LogP contribution >= 0.6 is 0 Å². The second kappa shape index (κ2) is 6.84. The third-order valence-electron chi connectivity index (χ3n) is 4.42. The molecule has 142 valence electrons. The Balaban J connectivity index is 1.58. The zero-order valence-electron chi connectivity index (χ0n) is 14.8. The lowest BCUT2D eigenvalue weighted by molar-refractivity contribution is -0.146. The highest BCUT2D eigenvalue weighted by molar-refractivity contribution is 5.96. The Hall–Kier alpha value is -3.62. The third-order valence-corrected chi connectivity index (χ3v) is 4.42. The highest BCUT2D eigenvalue weighted by Gasteiger charge is 2.30. The number of rotatable bonds is 4. The van der Waals surface area contributed by atoms with Crippen LogP contribution in [0.15, 0.2) is 36.5 Å². The standard InChI is InChI=1S/C19H15FN4O4/c1-10(25)13-4-2-11(8-14(13)20)12-3-6-16-21-19(23-24(16)9-12)22-18(27)15-5-7-17(26)28-15/h2-4,6,8-9,15H,5,7H2,1H3,(H,22,23,27)/t15-/m1/s1. The van der Waals surface area contributed by atoms with E-state index in [-0.39, 0.29) is 23.7 Å². The predicted octanol–water partition coefficient (Wildman–Crippen LogP) is 2.38. The summed E-state index contributed by atoms with van der Waals surface area (Å²) in [7, 11) is 0. The second-order valence-corrected chi connectivity index (χ2v) is 6.41. The van der Waals surface area contributed by atoms with Crippen LogP contribution < -0.4 is 5.32 Å². The number of carbonyl (C=O) groups excluding carboxylic acids is 3. The number of aromatic nitrogens is 3. The normalized spacial score (nSPS) is 16.2. The monoisotopic (exact) mass is 382 g/mol. The van der Waals surface area contributed by atoms with E-state index in [1.165, 1.54) is 23.6 Å². The van der Waals surface area contributed by atoms with E-state index in [4.69, 9.17) is 4.74 Å². The van der Waals surface area contributed by atoms with Crippen molar-refractivity contribution in [1.82, 2.24) is 14.6 Å². The van der Waals surface area contributed by atoms with Crippen LogP contribution in [-0.2, 0) is 14.3 Å². The lowest BCUT2D eigenvalue weighted by Crippen LogP contribution is -2.27. The summed E-state index contributed by atoms with van der Waals surface area (Å²) < 4.78 is 20.4. The molecule has 0 aliphatic carbocycles. The smallest absolute Gasteiger partial charge is 0.306 e. The minimum Gasteiger partial charge on any atom is -0.452 e. The molecule has 1 fully saturated rings. The predicted molar refractivity (Wildman–Crippen MR) is 96.1 cm³/mol. The maximum absolute atomic E-state index is 14.1. The molecule has 3 heterocycles. The van der Waals surface area contributed by atoms with E-state index in [0.29, 0.717) is 23.2 Å². The second-order valence-electron chi connectivity index (χ2n) is 6.41. The minimum atomic E-state index is -0.836. The number of nitrogens with zero attached hydrogens (tertiary/aromatic N) is 3. The summed E-state index contributed by atoms with van der Waals surface area (Å²) >= 11 is 0. The molecule has 1 aliphatic rings. The van der Waals surface area contributed by atoms with Gasteiger partial charge in [-0.1, -0.05) is 6.07 Å². The van der Waals surface area contributed by atoms with E-state index in [2.05, 4.69) is 15.4 Å². The number of fused-ring (bicyclic) bond motifs is 1. The Morgan fingerprint density at radius 3 is 2.71 bits per heavy atom. The van der Waals surface area contributed by atoms with Crippen LogP contribution in [0.3, 0.4) is 0 Å². The largest absolute Gasteiger partial charge is 0.452 e. The quantitative estimate of drug-likeness (QED) is 0.549. The number of esters is 1. The number of amides is 1. The molecule has 1 aliphatic heterocycles. The van der Waals surface area contributed by atoms with Crippen LogP contribution in [0.2, 0.25) is 0 Å². The van der Waals surface area contributed by atoms with Gasteiger partial charge in [-0.2, -0.15) is 4.98 Å². The number of hydrogen-bond donors (Lipinski definition) is 1. The number of halogens is 1. The van der Waals surface area contributed by atoms with Gasteiger partial charge >= 0.3 is 5.97 Å².